The zero-order valence-electron chi connectivity index (χ0n) is 13.5. The molecule has 1 saturated heterocycles. The molecular weight excluding hydrogens is 322 g/mol. The number of anilines is 2. The summed E-state index contributed by atoms with van der Waals surface area (Å²) >= 11 is 0. The van der Waals surface area contributed by atoms with Gasteiger partial charge in [0.2, 0.25) is 0 Å². The molecule has 0 aliphatic carbocycles. The Morgan fingerprint density at radius 2 is 2.04 bits per heavy atom. The highest BCUT2D eigenvalue weighted by Gasteiger charge is 2.17. The van der Waals surface area contributed by atoms with Crippen molar-refractivity contribution < 1.29 is 9.15 Å². The molecule has 1 fully saturated rings. The van der Waals surface area contributed by atoms with Crippen molar-refractivity contribution in [3.8, 4) is 0 Å². The molecule has 0 unspecified atom stereocenters. The molecule has 128 valence electrons. The van der Waals surface area contributed by atoms with E-state index in [9.17, 15) is 4.79 Å². The lowest BCUT2D eigenvalue weighted by Gasteiger charge is -2.27. The van der Waals surface area contributed by atoms with E-state index in [1.165, 1.54) is 6.07 Å². The Kier molecular flexibility index (Phi) is 4.26. The van der Waals surface area contributed by atoms with Crippen LogP contribution in [-0.4, -0.2) is 41.3 Å². The third kappa shape index (κ3) is 3.29. The van der Waals surface area contributed by atoms with Gasteiger partial charge in [-0.2, -0.15) is 0 Å². The van der Waals surface area contributed by atoms with Gasteiger partial charge in [0, 0.05) is 37.7 Å². The molecule has 0 amide bonds. The maximum Gasteiger partial charge on any atom is 0.200 e. The minimum absolute atomic E-state index is 0.0901. The molecule has 4 heterocycles. The minimum Gasteiger partial charge on any atom is -0.436 e. The van der Waals surface area contributed by atoms with Gasteiger partial charge in [0.25, 0.3) is 0 Å². The number of pyridine rings is 1. The Hall–Kier alpha value is -3.00. The first-order valence-electron chi connectivity index (χ1n) is 8.05. The minimum atomic E-state index is -0.0901. The number of ether oxygens (including phenoxy) is 1. The van der Waals surface area contributed by atoms with Crippen LogP contribution in [0.1, 0.15) is 5.69 Å². The van der Waals surface area contributed by atoms with Crippen LogP contribution < -0.4 is 15.6 Å². The molecule has 8 nitrogen and oxygen atoms in total. The van der Waals surface area contributed by atoms with E-state index in [1.807, 2.05) is 4.90 Å². The van der Waals surface area contributed by atoms with E-state index in [1.54, 1.807) is 30.9 Å². The molecule has 8 heteroatoms. The molecule has 0 saturated carbocycles. The fourth-order valence-electron chi connectivity index (χ4n) is 2.73. The van der Waals surface area contributed by atoms with Crippen molar-refractivity contribution in [2.45, 2.75) is 6.54 Å². The molecule has 0 spiro atoms. The average Bonchev–Trinajstić information content (AvgIpc) is 2.68. The van der Waals surface area contributed by atoms with Crippen LogP contribution in [0.5, 0.6) is 0 Å². The highest BCUT2D eigenvalue weighted by Crippen LogP contribution is 2.24. The maximum absolute atomic E-state index is 12.5. The van der Waals surface area contributed by atoms with Crippen LogP contribution in [0.25, 0.3) is 11.0 Å². The van der Waals surface area contributed by atoms with Gasteiger partial charge in [0.1, 0.15) is 0 Å². The Morgan fingerprint density at radius 1 is 1.16 bits per heavy atom. The molecular formula is C17H17N5O3. The molecule has 3 aromatic heterocycles. The van der Waals surface area contributed by atoms with Crippen LogP contribution in [0.3, 0.4) is 0 Å². The fraction of sp³-hybridized carbons (Fsp3) is 0.294. The van der Waals surface area contributed by atoms with Gasteiger partial charge in [0.15, 0.2) is 22.7 Å². The van der Waals surface area contributed by atoms with E-state index in [2.05, 4.69) is 20.3 Å². The Bertz CT molecular complexity index is 922. The van der Waals surface area contributed by atoms with E-state index in [0.717, 1.165) is 5.69 Å². The van der Waals surface area contributed by atoms with Gasteiger partial charge in [-0.1, -0.05) is 0 Å². The van der Waals surface area contributed by atoms with Gasteiger partial charge in [-0.3, -0.25) is 14.8 Å². The summed E-state index contributed by atoms with van der Waals surface area (Å²) in [5, 5.41) is 3.67. The van der Waals surface area contributed by atoms with Gasteiger partial charge >= 0.3 is 0 Å². The van der Waals surface area contributed by atoms with E-state index in [4.69, 9.17) is 9.15 Å². The Labute approximate surface area is 143 Å². The topological polar surface area (TPSA) is 93.4 Å². The summed E-state index contributed by atoms with van der Waals surface area (Å²) in [6, 6.07) is 3.19. The van der Waals surface area contributed by atoms with E-state index in [0.29, 0.717) is 55.5 Å². The number of nitrogens with one attached hydrogen (secondary N) is 1. The number of nitrogens with zero attached hydrogens (tertiary/aromatic N) is 4. The molecule has 1 aliphatic heterocycles. The van der Waals surface area contributed by atoms with Crippen LogP contribution in [0.4, 0.5) is 11.7 Å². The smallest absolute Gasteiger partial charge is 0.200 e. The van der Waals surface area contributed by atoms with Gasteiger partial charge in [0.05, 0.1) is 37.0 Å². The molecule has 4 rings (SSSR count). The standard InChI is InChI=1S/C17H17N5O3/c23-14-9-15(22-5-7-24-8-6-22)25-16-13(14)1-2-20-17(16)21-11-12-10-18-3-4-19-12/h1-4,9-10H,5-8,11H2,(H,20,21). The number of morpholine rings is 1. The third-order valence-corrected chi connectivity index (χ3v) is 4.01. The first kappa shape index (κ1) is 15.5. The highest BCUT2D eigenvalue weighted by molar-refractivity contribution is 5.86. The molecule has 1 N–H and O–H groups in total. The van der Waals surface area contributed by atoms with Crippen LogP contribution in [-0.2, 0) is 11.3 Å². The molecule has 3 aromatic rings. The number of hydrogen-bond acceptors (Lipinski definition) is 8. The summed E-state index contributed by atoms with van der Waals surface area (Å²) in [6.45, 7) is 3.05. The predicted molar refractivity (Wildman–Crippen MR) is 92.7 cm³/mol. The fourth-order valence-corrected chi connectivity index (χ4v) is 2.73. The summed E-state index contributed by atoms with van der Waals surface area (Å²) < 4.78 is 11.4. The highest BCUT2D eigenvalue weighted by atomic mass is 16.5. The Morgan fingerprint density at radius 3 is 2.84 bits per heavy atom. The van der Waals surface area contributed by atoms with Crippen molar-refractivity contribution in [1.82, 2.24) is 15.0 Å². The van der Waals surface area contributed by atoms with Crippen molar-refractivity contribution >= 4 is 22.7 Å². The number of fused-ring (bicyclic) bond motifs is 1. The van der Waals surface area contributed by atoms with Crippen LogP contribution in [0, 0.1) is 0 Å². The van der Waals surface area contributed by atoms with E-state index < -0.39 is 0 Å². The molecule has 0 bridgehead atoms. The van der Waals surface area contributed by atoms with Crippen LogP contribution >= 0.6 is 0 Å². The lowest BCUT2D eigenvalue weighted by molar-refractivity contribution is 0.121. The van der Waals surface area contributed by atoms with Crippen molar-refractivity contribution in [2.24, 2.45) is 0 Å². The number of rotatable bonds is 4. The van der Waals surface area contributed by atoms with Crippen molar-refractivity contribution in [2.75, 3.05) is 36.5 Å². The summed E-state index contributed by atoms with van der Waals surface area (Å²) in [7, 11) is 0. The predicted octanol–water partition coefficient (Wildman–Crippen LogP) is 1.43. The number of hydrogen-bond donors (Lipinski definition) is 1. The van der Waals surface area contributed by atoms with Crippen LogP contribution in [0.15, 0.2) is 46.1 Å². The first-order chi connectivity index (χ1) is 12.3. The largest absolute Gasteiger partial charge is 0.436 e. The van der Waals surface area contributed by atoms with Crippen molar-refractivity contribution in [3.63, 3.8) is 0 Å². The third-order valence-electron chi connectivity index (χ3n) is 4.01. The number of aromatic nitrogens is 3. The second-order valence-corrected chi connectivity index (χ2v) is 5.63. The van der Waals surface area contributed by atoms with E-state index in [-0.39, 0.29) is 5.43 Å². The zero-order chi connectivity index (χ0) is 17.1. The first-order valence-corrected chi connectivity index (χ1v) is 8.05. The van der Waals surface area contributed by atoms with E-state index >= 15 is 0 Å². The second kappa shape index (κ2) is 6.86. The Balaban J connectivity index is 1.68. The van der Waals surface area contributed by atoms with Gasteiger partial charge in [-0.25, -0.2) is 4.98 Å². The quantitative estimate of drug-likeness (QED) is 0.763. The molecule has 1 aliphatic rings. The molecule has 0 atom stereocenters. The SMILES string of the molecule is O=c1cc(N2CCOCC2)oc2c(NCc3cnccn3)nccc12. The maximum atomic E-state index is 12.5. The molecule has 0 aromatic carbocycles. The molecule has 25 heavy (non-hydrogen) atoms. The van der Waals surface area contributed by atoms with Gasteiger partial charge in [-0.15, -0.1) is 0 Å². The monoisotopic (exact) mass is 339 g/mol. The van der Waals surface area contributed by atoms with Gasteiger partial charge in [-0.05, 0) is 6.07 Å². The summed E-state index contributed by atoms with van der Waals surface area (Å²) in [6.07, 6.45) is 6.51. The molecule has 0 radical (unpaired) electrons. The average molecular weight is 339 g/mol. The van der Waals surface area contributed by atoms with Crippen LogP contribution in [0.2, 0.25) is 0 Å². The zero-order valence-corrected chi connectivity index (χ0v) is 13.5. The summed E-state index contributed by atoms with van der Waals surface area (Å²) in [5.74, 6) is 1.05. The summed E-state index contributed by atoms with van der Waals surface area (Å²) in [4.78, 5) is 27.0. The lowest BCUT2D eigenvalue weighted by atomic mass is 10.2. The second-order valence-electron chi connectivity index (χ2n) is 5.63. The lowest BCUT2D eigenvalue weighted by Crippen LogP contribution is -2.36. The van der Waals surface area contributed by atoms with Crippen molar-refractivity contribution in [1.29, 1.82) is 0 Å². The van der Waals surface area contributed by atoms with Crippen molar-refractivity contribution in [3.05, 3.63) is 52.8 Å². The normalized spacial score (nSPS) is 14.6. The van der Waals surface area contributed by atoms with Gasteiger partial charge < -0.3 is 19.4 Å². The summed E-state index contributed by atoms with van der Waals surface area (Å²) in [5.41, 5.74) is 1.13.